The topological polar surface area (TPSA) is 94.2 Å². The molecule has 0 spiro atoms. The van der Waals surface area contributed by atoms with Crippen molar-refractivity contribution in [2.24, 2.45) is 0 Å². The fourth-order valence-electron chi connectivity index (χ4n) is 3.71. The third-order valence-corrected chi connectivity index (χ3v) is 5.46. The number of nitrogens with zero attached hydrogens (tertiary/aromatic N) is 1. The first-order chi connectivity index (χ1) is 16.2. The number of nitrogens with one attached hydrogen (secondary N) is 1. The Morgan fingerprint density at radius 2 is 1.34 bits per heavy atom. The average Bonchev–Trinajstić information content (AvgIpc) is 2.82. The van der Waals surface area contributed by atoms with Crippen LogP contribution in [0, 0.1) is 0 Å². The summed E-state index contributed by atoms with van der Waals surface area (Å²) >= 11 is 0. The molecule has 192 valence electrons. The van der Waals surface area contributed by atoms with E-state index in [2.05, 4.69) is 28.3 Å². The van der Waals surface area contributed by atoms with Crippen molar-refractivity contribution in [2.75, 3.05) is 27.3 Å². The number of ether oxygens (including phenoxy) is 3. The molecule has 1 amide bonds. The Bertz CT molecular complexity index is 999. The highest BCUT2D eigenvalue weighted by molar-refractivity contribution is 5.85. The molecular weight excluding hydrogens is 472 g/mol. The molecule has 0 radical (unpaired) electrons. The van der Waals surface area contributed by atoms with E-state index in [9.17, 15) is 14.4 Å². The van der Waals surface area contributed by atoms with Crippen molar-refractivity contribution in [2.45, 2.75) is 46.7 Å². The Morgan fingerprint density at radius 3 is 1.83 bits per heavy atom. The Hall–Kier alpha value is -3.10. The van der Waals surface area contributed by atoms with Gasteiger partial charge in [-0.2, -0.15) is 0 Å². The molecule has 0 aromatic heterocycles. The highest BCUT2D eigenvalue weighted by Crippen LogP contribution is 2.23. The highest BCUT2D eigenvalue weighted by Gasteiger charge is 2.18. The first kappa shape index (κ1) is 29.9. The molecule has 2 aromatic rings. The van der Waals surface area contributed by atoms with Crippen LogP contribution in [0.2, 0.25) is 0 Å². The summed E-state index contributed by atoms with van der Waals surface area (Å²) < 4.78 is 14.3. The minimum atomic E-state index is -0.562. The number of carbonyl (C=O) groups is 3. The zero-order chi connectivity index (χ0) is 25.1. The van der Waals surface area contributed by atoms with Crippen molar-refractivity contribution >= 4 is 30.3 Å². The van der Waals surface area contributed by atoms with Gasteiger partial charge < -0.3 is 24.4 Å². The van der Waals surface area contributed by atoms with E-state index in [0.717, 1.165) is 50.5 Å². The lowest BCUT2D eigenvalue weighted by atomic mass is 9.99. The summed E-state index contributed by atoms with van der Waals surface area (Å²) in [5, 5.41) is 3.34. The maximum absolute atomic E-state index is 11.2. The van der Waals surface area contributed by atoms with Crippen molar-refractivity contribution in [3.8, 4) is 11.5 Å². The number of fused-ring (bicyclic) bond motifs is 2. The van der Waals surface area contributed by atoms with E-state index >= 15 is 0 Å². The largest absolute Gasteiger partial charge is 0.497 e. The number of benzene rings is 2. The van der Waals surface area contributed by atoms with Gasteiger partial charge in [0.05, 0.1) is 14.2 Å². The minimum Gasteiger partial charge on any atom is -0.497 e. The van der Waals surface area contributed by atoms with Crippen LogP contribution in [0.25, 0.3) is 0 Å². The number of hydrogen-bond acceptors (Lipinski definition) is 7. The normalized spacial score (nSPS) is 13.1. The van der Waals surface area contributed by atoms with E-state index < -0.39 is 11.9 Å². The van der Waals surface area contributed by atoms with Crippen molar-refractivity contribution in [3.63, 3.8) is 0 Å². The second kappa shape index (κ2) is 15.0. The number of rotatable bonds is 2. The molecule has 2 heterocycles. The van der Waals surface area contributed by atoms with Crippen LogP contribution in [0.1, 0.15) is 43.0 Å². The van der Waals surface area contributed by atoms with Crippen LogP contribution in [0.15, 0.2) is 36.4 Å². The van der Waals surface area contributed by atoms with Gasteiger partial charge in [-0.25, -0.2) is 0 Å². The van der Waals surface area contributed by atoms with Gasteiger partial charge in [-0.3, -0.25) is 14.4 Å². The van der Waals surface area contributed by atoms with Gasteiger partial charge in [0, 0.05) is 40.4 Å². The van der Waals surface area contributed by atoms with Crippen LogP contribution in [-0.2, 0) is 45.1 Å². The fourth-order valence-corrected chi connectivity index (χ4v) is 3.71. The van der Waals surface area contributed by atoms with E-state index in [1.165, 1.54) is 36.1 Å². The predicted octanol–water partition coefficient (Wildman–Crippen LogP) is 3.46. The van der Waals surface area contributed by atoms with Crippen LogP contribution in [0.4, 0.5) is 0 Å². The van der Waals surface area contributed by atoms with Crippen molar-refractivity contribution in [3.05, 3.63) is 58.7 Å². The van der Waals surface area contributed by atoms with Gasteiger partial charge in [-0.05, 0) is 65.9 Å². The summed E-state index contributed by atoms with van der Waals surface area (Å²) in [6.45, 7) is 7.61. The molecule has 0 aliphatic carbocycles. The predicted molar refractivity (Wildman–Crippen MR) is 136 cm³/mol. The molecule has 0 saturated carbocycles. The van der Waals surface area contributed by atoms with E-state index in [0.29, 0.717) is 0 Å². The number of halogens is 1. The Kier molecular flexibility index (Phi) is 12.8. The van der Waals surface area contributed by atoms with Crippen LogP contribution >= 0.6 is 12.4 Å². The molecule has 8 nitrogen and oxygen atoms in total. The average molecular weight is 507 g/mol. The molecule has 2 aliphatic heterocycles. The number of amides is 1. The van der Waals surface area contributed by atoms with E-state index in [-0.39, 0.29) is 18.3 Å². The lowest BCUT2D eigenvalue weighted by Gasteiger charge is -2.28. The van der Waals surface area contributed by atoms with E-state index in [1.54, 1.807) is 21.1 Å². The highest BCUT2D eigenvalue weighted by atomic mass is 35.5. The number of hydrogen-bond donors (Lipinski definition) is 1. The molecule has 1 N–H and O–H groups in total. The molecule has 2 aromatic carbocycles. The molecule has 0 fully saturated rings. The second-order valence-electron chi connectivity index (χ2n) is 7.97. The van der Waals surface area contributed by atoms with E-state index in [1.807, 2.05) is 23.1 Å². The number of esters is 2. The second-order valence-corrected chi connectivity index (χ2v) is 7.97. The zero-order valence-electron chi connectivity index (χ0n) is 21.0. The number of methoxy groups -OCH3 is 2. The lowest BCUT2D eigenvalue weighted by molar-refractivity contribution is -0.156. The van der Waals surface area contributed by atoms with Gasteiger partial charge in [0.1, 0.15) is 11.5 Å². The van der Waals surface area contributed by atoms with Crippen LogP contribution in [-0.4, -0.2) is 50.1 Å². The van der Waals surface area contributed by atoms with Crippen molar-refractivity contribution < 1.29 is 28.6 Å². The Morgan fingerprint density at radius 1 is 0.800 bits per heavy atom. The minimum absolute atomic E-state index is 0. The molecule has 0 bridgehead atoms. The zero-order valence-corrected chi connectivity index (χ0v) is 21.8. The summed E-state index contributed by atoms with van der Waals surface area (Å²) in [7, 11) is 3.38. The van der Waals surface area contributed by atoms with Gasteiger partial charge in [0.15, 0.2) is 0 Å². The molecule has 0 unspecified atom stereocenters. The van der Waals surface area contributed by atoms with Gasteiger partial charge in [0.25, 0.3) is 0 Å². The monoisotopic (exact) mass is 506 g/mol. The SMILES string of the molecule is CC(=O)OC(C)=O.COc1ccc2c(c1)CCN(C(C)=O)C2.COc1ccc2c(c1)CCNC2.Cl. The van der Waals surface area contributed by atoms with Crippen LogP contribution in [0.5, 0.6) is 11.5 Å². The summed E-state index contributed by atoms with van der Waals surface area (Å²) in [4.78, 5) is 32.7. The molecular formula is C26H35ClN2O6. The first-order valence-electron chi connectivity index (χ1n) is 11.2. The Balaban J connectivity index is 0.000000276. The van der Waals surface area contributed by atoms with Gasteiger partial charge >= 0.3 is 11.9 Å². The van der Waals surface area contributed by atoms with Gasteiger partial charge in [-0.15, -0.1) is 12.4 Å². The fraction of sp³-hybridized carbons (Fsp3) is 0.423. The van der Waals surface area contributed by atoms with Crippen LogP contribution < -0.4 is 14.8 Å². The maximum atomic E-state index is 11.2. The quantitative estimate of drug-likeness (QED) is 0.492. The molecule has 0 atom stereocenters. The standard InChI is InChI=1S/C12H15NO2.C10H13NO.C4H6O3.ClH/c1-9(14)13-6-5-10-7-12(15-2)4-3-11(10)8-13;1-12-10-3-2-9-7-11-5-4-8(9)6-10;1-3(5)7-4(2)6;/h3-4,7H,5-6,8H2,1-2H3;2-3,6,11H,4-5,7H2,1H3;1-2H3;1H. The summed E-state index contributed by atoms with van der Waals surface area (Å²) in [6, 6.07) is 12.3. The third-order valence-electron chi connectivity index (χ3n) is 5.46. The molecule has 0 saturated heterocycles. The first-order valence-corrected chi connectivity index (χ1v) is 11.2. The molecule has 2 aliphatic rings. The summed E-state index contributed by atoms with van der Waals surface area (Å²) in [6.07, 6.45) is 2.04. The third kappa shape index (κ3) is 9.96. The molecule has 9 heteroatoms. The van der Waals surface area contributed by atoms with Gasteiger partial charge in [-0.1, -0.05) is 12.1 Å². The van der Waals surface area contributed by atoms with Crippen molar-refractivity contribution in [1.29, 1.82) is 0 Å². The van der Waals surface area contributed by atoms with Crippen molar-refractivity contribution in [1.82, 2.24) is 10.2 Å². The van der Waals surface area contributed by atoms with Gasteiger partial charge in [0.2, 0.25) is 5.91 Å². The lowest BCUT2D eigenvalue weighted by Crippen LogP contribution is -2.34. The van der Waals surface area contributed by atoms with Crippen LogP contribution in [0.3, 0.4) is 0 Å². The number of carbonyl (C=O) groups excluding carboxylic acids is 3. The summed E-state index contributed by atoms with van der Waals surface area (Å²) in [5.74, 6) is 0.886. The smallest absolute Gasteiger partial charge is 0.310 e. The molecule has 35 heavy (non-hydrogen) atoms. The molecule has 4 rings (SSSR count). The maximum Gasteiger partial charge on any atom is 0.310 e. The van der Waals surface area contributed by atoms with E-state index in [4.69, 9.17) is 9.47 Å². The Labute approximate surface area is 213 Å². The summed E-state index contributed by atoms with van der Waals surface area (Å²) in [5.41, 5.74) is 5.36.